The molecule has 3 aromatic rings. The molecule has 0 fully saturated rings. The third-order valence-corrected chi connectivity index (χ3v) is 2.79. The van der Waals surface area contributed by atoms with E-state index in [0.717, 1.165) is 5.56 Å². The maximum absolute atomic E-state index is 11.0. The van der Waals surface area contributed by atoms with Crippen LogP contribution in [0.15, 0.2) is 36.7 Å². The van der Waals surface area contributed by atoms with Crippen molar-refractivity contribution in [2.75, 3.05) is 0 Å². The van der Waals surface area contributed by atoms with Crippen molar-refractivity contribution in [2.45, 2.75) is 6.92 Å². The first kappa shape index (κ1) is 11.3. The van der Waals surface area contributed by atoms with Gasteiger partial charge in [-0.2, -0.15) is 0 Å². The molecule has 6 nitrogen and oxygen atoms in total. The molecular weight excluding hydrogens is 244 g/mol. The Kier molecular flexibility index (Phi) is 2.49. The second-order valence-corrected chi connectivity index (χ2v) is 4.20. The van der Waals surface area contributed by atoms with Gasteiger partial charge < -0.3 is 5.11 Å². The first-order chi connectivity index (χ1) is 9.15. The number of aromatic carboxylic acids is 1. The number of hydrogen-bond donors (Lipinski definition) is 1. The van der Waals surface area contributed by atoms with Crippen molar-refractivity contribution >= 4 is 11.6 Å². The standard InChI is InChI=1S/C13H10N4O2/c1-8-2-4-10(14-6-8)12-16-15-11-5-3-9(13(18)19)7-17(11)12/h2-7H,1H3,(H,18,19). The maximum Gasteiger partial charge on any atom is 0.337 e. The summed E-state index contributed by atoms with van der Waals surface area (Å²) in [5.74, 6) is -0.462. The second-order valence-electron chi connectivity index (χ2n) is 4.20. The van der Waals surface area contributed by atoms with Crippen LogP contribution in [0, 0.1) is 6.92 Å². The second kappa shape index (κ2) is 4.16. The van der Waals surface area contributed by atoms with Gasteiger partial charge in [0.25, 0.3) is 0 Å². The van der Waals surface area contributed by atoms with E-state index in [1.165, 1.54) is 12.3 Å². The Labute approximate surface area is 108 Å². The van der Waals surface area contributed by atoms with Gasteiger partial charge in [-0.3, -0.25) is 9.38 Å². The van der Waals surface area contributed by atoms with Crippen LogP contribution in [0.2, 0.25) is 0 Å². The summed E-state index contributed by atoms with van der Waals surface area (Å²) in [4.78, 5) is 15.3. The van der Waals surface area contributed by atoms with Gasteiger partial charge in [0, 0.05) is 12.4 Å². The molecule has 1 N–H and O–H groups in total. The zero-order valence-electron chi connectivity index (χ0n) is 10.1. The molecule has 0 aliphatic rings. The number of carboxylic acids is 1. The molecular formula is C13H10N4O2. The van der Waals surface area contributed by atoms with Gasteiger partial charge in [-0.15, -0.1) is 10.2 Å². The summed E-state index contributed by atoms with van der Waals surface area (Å²) in [6.45, 7) is 1.95. The lowest BCUT2D eigenvalue weighted by molar-refractivity contribution is 0.0696. The Morgan fingerprint density at radius 1 is 1.21 bits per heavy atom. The predicted octanol–water partition coefficient (Wildman–Crippen LogP) is 1.80. The molecule has 0 bridgehead atoms. The van der Waals surface area contributed by atoms with E-state index in [0.29, 0.717) is 17.2 Å². The molecule has 0 aromatic carbocycles. The molecule has 0 aliphatic carbocycles. The fourth-order valence-corrected chi connectivity index (χ4v) is 1.79. The number of nitrogens with zero attached hydrogens (tertiary/aromatic N) is 4. The molecule has 0 unspecified atom stereocenters. The van der Waals surface area contributed by atoms with Crippen molar-refractivity contribution in [3.05, 3.63) is 47.8 Å². The van der Waals surface area contributed by atoms with Crippen LogP contribution in [-0.2, 0) is 0 Å². The van der Waals surface area contributed by atoms with Crippen molar-refractivity contribution in [1.29, 1.82) is 0 Å². The van der Waals surface area contributed by atoms with E-state index in [2.05, 4.69) is 15.2 Å². The van der Waals surface area contributed by atoms with E-state index in [-0.39, 0.29) is 5.56 Å². The molecule has 0 spiro atoms. The Morgan fingerprint density at radius 3 is 2.74 bits per heavy atom. The van der Waals surface area contributed by atoms with Crippen LogP contribution >= 0.6 is 0 Å². The quantitative estimate of drug-likeness (QED) is 0.754. The molecule has 0 radical (unpaired) electrons. The Hall–Kier alpha value is -2.76. The van der Waals surface area contributed by atoms with Gasteiger partial charge in [-0.05, 0) is 30.7 Å². The van der Waals surface area contributed by atoms with Crippen molar-refractivity contribution in [2.24, 2.45) is 0 Å². The van der Waals surface area contributed by atoms with E-state index in [1.54, 1.807) is 16.7 Å². The fourth-order valence-electron chi connectivity index (χ4n) is 1.79. The molecule has 0 saturated carbocycles. The number of hydrogen-bond acceptors (Lipinski definition) is 4. The van der Waals surface area contributed by atoms with Gasteiger partial charge in [0.1, 0.15) is 5.69 Å². The van der Waals surface area contributed by atoms with Crippen molar-refractivity contribution in [3.8, 4) is 11.5 Å². The van der Waals surface area contributed by atoms with Crippen molar-refractivity contribution in [1.82, 2.24) is 19.6 Å². The number of fused-ring (bicyclic) bond motifs is 1. The minimum absolute atomic E-state index is 0.181. The molecule has 3 aromatic heterocycles. The smallest absolute Gasteiger partial charge is 0.337 e. The number of pyridine rings is 2. The van der Waals surface area contributed by atoms with Crippen LogP contribution in [-0.4, -0.2) is 30.7 Å². The van der Waals surface area contributed by atoms with Crippen LogP contribution in [0.1, 0.15) is 15.9 Å². The molecule has 0 saturated heterocycles. The van der Waals surface area contributed by atoms with Crippen LogP contribution in [0.3, 0.4) is 0 Å². The van der Waals surface area contributed by atoms with Crippen LogP contribution in [0.25, 0.3) is 17.2 Å². The largest absolute Gasteiger partial charge is 0.478 e. The highest BCUT2D eigenvalue weighted by Gasteiger charge is 2.11. The Morgan fingerprint density at radius 2 is 2.05 bits per heavy atom. The predicted molar refractivity (Wildman–Crippen MR) is 67.9 cm³/mol. The average Bonchev–Trinajstić information content (AvgIpc) is 2.82. The van der Waals surface area contributed by atoms with E-state index in [1.807, 2.05) is 19.1 Å². The zero-order chi connectivity index (χ0) is 13.4. The van der Waals surface area contributed by atoms with Gasteiger partial charge in [0.2, 0.25) is 0 Å². The van der Waals surface area contributed by atoms with Crippen LogP contribution < -0.4 is 0 Å². The molecule has 0 amide bonds. The first-order valence-corrected chi connectivity index (χ1v) is 5.66. The third-order valence-electron chi connectivity index (χ3n) is 2.79. The van der Waals surface area contributed by atoms with Crippen LogP contribution in [0.5, 0.6) is 0 Å². The van der Waals surface area contributed by atoms with Crippen molar-refractivity contribution in [3.63, 3.8) is 0 Å². The SMILES string of the molecule is Cc1ccc(-c2nnc3ccc(C(=O)O)cn23)nc1. The number of carbonyl (C=O) groups is 1. The minimum atomic E-state index is -0.988. The monoisotopic (exact) mass is 254 g/mol. The van der Waals surface area contributed by atoms with Gasteiger partial charge >= 0.3 is 5.97 Å². The maximum atomic E-state index is 11.0. The van der Waals surface area contributed by atoms with Crippen molar-refractivity contribution < 1.29 is 9.90 Å². The Bertz CT molecular complexity index is 762. The highest BCUT2D eigenvalue weighted by atomic mass is 16.4. The summed E-state index contributed by atoms with van der Waals surface area (Å²) in [6.07, 6.45) is 3.23. The van der Waals surface area contributed by atoms with E-state index in [4.69, 9.17) is 5.11 Å². The summed E-state index contributed by atoms with van der Waals surface area (Å²) in [6, 6.07) is 6.87. The molecule has 0 atom stereocenters. The first-order valence-electron chi connectivity index (χ1n) is 5.66. The number of rotatable bonds is 2. The normalized spacial score (nSPS) is 10.8. The summed E-state index contributed by atoms with van der Waals surface area (Å²) in [7, 11) is 0. The highest BCUT2D eigenvalue weighted by Crippen LogP contribution is 2.17. The minimum Gasteiger partial charge on any atom is -0.478 e. The van der Waals surface area contributed by atoms with Crippen LogP contribution in [0.4, 0.5) is 0 Å². The van der Waals surface area contributed by atoms with Gasteiger partial charge in [-0.1, -0.05) is 6.07 Å². The van der Waals surface area contributed by atoms with Gasteiger partial charge in [0.05, 0.1) is 5.56 Å². The molecule has 19 heavy (non-hydrogen) atoms. The zero-order valence-corrected chi connectivity index (χ0v) is 10.1. The lowest BCUT2D eigenvalue weighted by Gasteiger charge is -2.01. The highest BCUT2D eigenvalue weighted by molar-refractivity contribution is 5.87. The summed E-state index contributed by atoms with van der Waals surface area (Å²) in [5.41, 5.74) is 2.47. The number of carboxylic acid groups (broad SMARTS) is 1. The number of aryl methyl sites for hydroxylation is 1. The average molecular weight is 254 g/mol. The van der Waals surface area contributed by atoms with Gasteiger partial charge in [0.15, 0.2) is 11.5 Å². The lowest BCUT2D eigenvalue weighted by atomic mass is 10.2. The van der Waals surface area contributed by atoms with E-state index >= 15 is 0 Å². The van der Waals surface area contributed by atoms with E-state index < -0.39 is 5.97 Å². The lowest BCUT2D eigenvalue weighted by Crippen LogP contribution is -2.00. The number of aromatic nitrogens is 4. The summed E-state index contributed by atoms with van der Waals surface area (Å²) in [5, 5.41) is 17.1. The molecule has 94 valence electrons. The van der Waals surface area contributed by atoms with E-state index in [9.17, 15) is 4.79 Å². The fraction of sp³-hybridized carbons (Fsp3) is 0.0769. The summed E-state index contributed by atoms with van der Waals surface area (Å²) >= 11 is 0. The summed E-state index contributed by atoms with van der Waals surface area (Å²) < 4.78 is 1.63. The Balaban J connectivity index is 2.21. The topological polar surface area (TPSA) is 80.4 Å². The van der Waals surface area contributed by atoms with Gasteiger partial charge in [-0.25, -0.2) is 4.79 Å². The molecule has 6 heteroatoms. The molecule has 0 aliphatic heterocycles. The third kappa shape index (κ3) is 1.93. The molecule has 3 rings (SSSR count). The molecule has 3 heterocycles.